The van der Waals surface area contributed by atoms with Gasteiger partial charge >= 0.3 is 6.09 Å². The fraction of sp³-hybridized carbons (Fsp3) is 0.618. The average Bonchev–Trinajstić information content (AvgIpc) is 3.57. The number of para-hydroxylation sites is 1. The Morgan fingerprint density at radius 1 is 1.07 bits per heavy atom. The van der Waals surface area contributed by atoms with Crippen molar-refractivity contribution in [3.63, 3.8) is 0 Å². The predicted molar refractivity (Wildman–Crippen MR) is 174 cm³/mol. The Kier molecular flexibility index (Phi) is 11.3. The number of nitrogens with one attached hydrogen (secondary N) is 1. The Balaban J connectivity index is 1.49. The lowest BCUT2D eigenvalue weighted by molar-refractivity contribution is -0.134. The van der Waals surface area contributed by atoms with Crippen LogP contribution in [0.1, 0.15) is 86.6 Å². The molecule has 0 unspecified atom stereocenters. The number of likely N-dealkylation sites (tertiary alicyclic amines) is 1. The summed E-state index contributed by atoms with van der Waals surface area (Å²) in [5.74, 6) is -0.130. The summed E-state index contributed by atoms with van der Waals surface area (Å²) in [7, 11) is 5.16. The average molecular weight is 639 g/mol. The van der Waals surface area contributed by atoms with Gasteiger partial charge in [-0.15, -0.1) is 0 Å². The van der Waals surface area contributed by atoms with E-state index in [9.17, 15) is 19.2 Å². The van der Waals surface area contributed by atoms with Crippen LogP contribution >= 0.6 is 0 Å². The highest BCUT2D eigenvalue weighted by Gasteiger charge is 2.38. The zero-order valence-corrected chi connectivity index (χ0v) is 28.2. The van der Waals surface area contributed by atoms with E-state index in [1.165, 1.54) is 11.1 Å². The van der Waals surface area contributed by atoms with Gasteiger partial charge in [-0.05, 0) is 77.5 Å². The maximum absolute atomic E-state index is 14.0. The summed E-state index contributed by atoms with van der Waals surface area (Å²) in [6, 6.07) is 8.10. The van der Waals surface area contributed by atoms with Crippen LogP contribution in [-0.2, 0) is 9.53 Å². The lowest BCUT2D eigenvalue weighted by Crippen LogP contribution is -2.49. The number of amides is 4. The predicted octanol–water partition coefficient (Wildman–Crippen LogP) is 4.44. The first-order chi connectivity index (χ1) is 21.8. The first-order valence-electron chi connectivity index (χ1n) is 16.3. The highest BCUT2D eigenvalue weighted by molar-refractivity contribution is 5.99. The van der Waals surface area contributed by atoms with Crippen LogP contribution in [0.25, 0.3) is 0 Å². The normalized spacial score (nSPS) is 19.7. The number of H-pyrrole nitrogens is 1. The van der Waals surface area contributed by atoms with Crippen LogP contribution in [-0.4, -0.2) is 119 Å². The van der Waals surface area contributed by atoms with E-state index in [1.807, 2.05) is 26.8 Å². The molecule has 4 amide bonds. The molecule has 0 bridgehead atoms. The van der Waals surface area contributed by atoms with Gasteiger partial charge in [-0.3, -0.25) is 19.5 Å². The Bertz CT molecular complexity index is 1350. The monoisotopic (exact) mass is 638 g/mol. The summed E-state index contributed by atoms with van der Waals surface area (Å²) in [4.78, 5) is 59.8. The van der Waals surface area contributed by atoms with Gasteiger partial charge in [-0.1, -0.05) is 18.6 Å². The lowest BCUT2D eigenvalue weighted by atomic mass is 9.75. The molecular formula is C34H50N6O6. The Morgan fingerprint density at radius 3 is 2.46 bits per heavy atom. The Morgan fingerprint density at radius 2 is 1.78 bits per heavy atom. The third-order valence-electron chi connectivity index (χ3n) is 9.08. The topological polar surface area (TPSA) is 128 Å². The highest BCUT2D eigenvalue weighted by atomic mass is 16.6. The molecule has 4 rings (SSSR count). The van der Waals surface area contributed by atoms with Gasteiger partial charge in [0, 0.05) is 58.9 Å². The summed E-state index contributed by atoms with van der Waals surface area (Å²) in [5.41, 5.74) is 0.0720. The third kappa shape index (κ3) is 8.79. The number of benzene rings is 1. The number of nitrogens with zero attached hydrogens (tertiary/aromatic N) is 5. The molecule has 2 aliphatic heterocycles. The van der Waals surface area contributed by atoms with Crippen LogP contribution in [0.3, 0.4) is 0 Å². The van der Waals surface area contributed by atoms with E-state index < -0.39 is 11.6 Å². The maximum atomic E-state index is 14.0. The number of piperidine rings is 1. The van der Waals surface area contributed by atoms with Gasteiger partial charge in [0.1, 0.15) is 23.1 Å². The molecule has 2 aliphatic rings. The summed E-state index contributed by atoms with van der Waals surface area (Å²) < 4.78 is 12.1. The van der Waals surface area contributed by atoms with Crippen molar-refractivity contribution in [2.24, 2.45) is 5.41 Å². The van der Waals surface area contributed by atoms with Crippen molar-refractivity contribution < 1.29 is 28.7 Å². The van der Waals surface area contributed by atoms with Gasteiger partial charge in [0.05, 0.1) is 12.2 Å². The van der Waals surface area contributed by atoms with E-state index in [4.69, 9.17) is 9.47 Å². The fourth-order valence-electron chi connectivity index (χ4n) is 6.19. The molecule has 1 saturated heterocycles. The van der Waals surface area contributed by atoms with Crippen molar-refractivity contribution >= 4 is 23.8 Å². The van der Waals surface area contributed by atoms with E-state index >= 15 is 0 Å². The fourth-order valence-corrected chi connectivity index (χ4v) is 6.19. The number of likely N-dealkylation sites (N-methyl/N-ethyl adjacent to an activating group) is 2. The number of aromatic amines is 1. The molecule has 2 aromatic rings. The Labute approximate surface area is 272 Å². The Hall–Kier alpha value is -4.09. The summed E-state index contributed by atoms with van der Waals surface area (Å²) in [6.07, 6.45) is 6.26. The van der Waals surface area contributed by atoms with Crippen molar-refractivity contribution in [1.29, 1.82) is 0 Å². The van der Waals surface area contributed by atoms with Crippen LogP contribution < -0.4 is 4.74 Å². The molecule has 1 fully saturated rings. The number of hydrogen-bond acceptors (Lipinski definition) is 7. The van der Waals surface area contributed by atoms with Gasteiger partial charge in [0.15, 0.2) is 0 Å². The van der Waals surface area contributed by atoms with Crippen molar-refractivity contribution in [3.05, 3.63) is 47.8 Å². The first kappa shape index (κ1) is 34.8. The van der Waals surface area contributed by atoms with Crippen LogP contribution in [0.2, 0.25) is 0 Å². The summed E-state index contributed by atoms with van der Waals surface area (Å²) >= 11 is 0. The van der Waals surface area contributed by atoms with Gasteiger partial charge < -0.3 is 29.1 Å². The minimum absolute atomic E-state index is 0.130. The van der Waals surface area contributed by atoms with Gasteiger partial charge in [-0.25, -0.2) is 4.79 Å². The number of carbonyl (C=O) groups is 4. The number of rotatable bonds is 5. The van der Waals surface area contributed by atoms with Crippen molar-refractivity contribution in [3.8, 4) is 5.75 Å². The molecule has 0 aliphatic carbocycles. The van der Waals surface area contributed by atoms with Gasteiger partial charge in [-0.2, -0.15) is 5.10 Å². The largest absolute Gasteiger partial charge is 0.492 e. The van der Waals surface area contributed by atoms with Crippen LogP contribution in [0.5, 0.6) is 5.75 Å². The lowest BCUT2D eigenvalue weighted by Gasteiger charge is -2.42. The van der Waals surface area contributed by atoms with E-state index in [2.05, 4.69) is 10.2 Å². The number of fused-ring (bicyclic) bond motifs is 1. The highest BCUT2D eigenvalue weighted by Crippen LogP contribution is 2.38. The van der Waals surface area contributed by atoms with Gasteiger partial charge in [0.25, 0.3) is 11.8 Å². The number of ether oxygens (including phenoxy) is 2. The molecule has 0 saturated carbocycles. The zero-order valence-electron chi connectivity index (χ0n) is 28.2. The molecular weight excluding hydrogens is 588 g/mol. The van der Waals surface area contributed by atoms with Crippen LogP contribution in [0, 0.1) is 5.41 Å². The number of hydrogen-bond donors (Lipinski definition) is 1. The molecule has 12 nitrogen and oxygen atoms in total. The molecule has 1 atom stereocenters. The molecule has 1 N–H and O–H groups in total. The summed E-state index contributed by atoms with van der Waals surface area (Å²) in [5, 5.41) is 6.53. The molecule has 0 radical (unpaired) electrons. The molecule has 46 heavy (non-hydrogen) atoms. The molecule has 252 valence electrons. The zero-order chi connectivity index (χ0) is 33.5. The first-order valence-corrected chi connectivity index (χ1v) is 16.3. The second-order valence-corrected chi connectivity index (χ2v) is 13.7. The van der Waals surface area contributed by atoms with Gasteiger partial charge in [0.2, 0.25) is 5.91 Å². The van der Waals surface area contributed by atoms with E-state index in [0.717, 1.165) is 32.1 Å². The molecule has 1 aromatic heterocycles. The minimum Gasteiger partial charge on any atom is -0.492 e. The van der Waals surface area contributed by atoms with E-state index in [-0.39, 0.29) is 29.2 Å². The molecule has 3 heterocycles. The number of carbonyl (C=O) groups excluding carboxylic acids is 4. The van der Waals surface area contributed by atoms with Crippen molar-refractivity contribution in [2.45, 2.75) is 77.4 Å². The second kappa shape index (κ2) is 15.0. The van der Waals surface area contributed by atoms with Crippen molar-refractivity contribution in [1.82, 2.24) is 29.8 Å². The smallest absolute Gasteiger partial charge is 0.410 e. The molecule has 12 heteroatoms. The molecule has 1 aromatic carbocycles. The standard InChI is InChI=1S/C34H50N6O6/c1-33(2,3)46-32(44)40-22-17-34(18-23-40)16-9-10-20-38(5)31(43)27(13-11-21-37(4)30(42)26-15-19-35-36-26)39(6)29(41)25-12-7-8-14-28(25)45-24-34/h7-8,12,14-15,19,27H,9-11,13,16-18,20-24H2,1-6H3,(H,35,36)/t27-/m0/s1. The quantitative estimate of drug-likeness (QED) is 0.513. The van der Waals surface area contributed by atoms with E-state index in [1.54, 1.807) is 60.1 Å². The third-order valence-corrected chi connectivity index (χ3v) is 9.08. The van der Waals surface area contributed by atoms with Crippen molar-refractivity contribution in [2.75, 3.05) is 53.9 Å². The summed E-state index contributed by atoms with van der Waals surface area (Å²) in [6.45, 7) is 8.16. The minimum atomic E-state index is -0.701. The van der Waals surface area contributed by atoms with E-state index in [0.29, 0.717) is 62.6 Å². The van der Waals surface area contributed by atoms with Crippen LogP contribution in [0.15, 0.2) is 36.5 Å². The molecule has 1 spiro atoms. The van der Waals surface area contributed by atoms with Crippen LogP contribution in [0.4, 0.5) is 4.79 Å². The maximum Gasteiger partial charge on any atom is 0.410 e. The SMILES string of the molecule is CN(CCC[C@H]1C(=O)N(C)CCCCC2(CCN(C(=O)OC(C)(C)C)CC2)COc2ccccc2C(=O)N1C)C(=O)c1ccn[nH]1. The second-order valence-electron chi connectivity index (χ2n) is 13.7. The number of aromatic nitrogens is 2.